The summed E-state index contributed by atoms with van der Waals surface area (Å²) in [6.45, 7) is 1.55. The van der Waals surface area contributed by atoms with E-state index in [-0.39, 0.29) is 5.03 Å². The quantitative estimate of drug-likeness (QED) is 0.400. The van der Waals surface area contributed by atoms with E-state index in [2.05, 4.69) is 0 Å². The normalized spacial score (nSPS) is 13.0. The van der Waals surface area contributed by atoms with Crippen LogP contribution in [0.15, 0.2) is 10.1 Å². The van der Waals surface area contributed by atoms with Crippen molar-refractivity contribution >= 4 is 29.5 Å². The van der Waals surface area contributed by atoms with Crippen molar-refractivity contribution in [2.45, 2.75) is 6.92 Å². The highest BCUT2D eigenvalue weighted by atomic mass is 35.5. The minimum Gasteiger partial charge on any atom is -0.297 e. The Morgan fingerprint density at radius 2 is 2.00 bits per heavy atom. The van der Waals surface area contributed by atoms with Gasteiger partial charge >= 0.3 is 0 Å². The van der Waals surface area contributed by atoms with E-state index in [1.807, 2.05) is 0 Å². The molecular weight excluding hydrogens is 135 g/mol. The summed E-state index contributed by atoms with van der Waals surface area (Å²) in [5, 5.41) is 0.401. The molecule has 0 aromatic heterocycles. The van der Waals surface area contributed by atoms with Gasteiger partial charge in [0.2, 0.25) is 0 Å². The van der Waals surface area contributed by atoms with Gasteiger partial charge in [-0.3, -0.25) is 4.79 Å². The summed E-state index contributed by atoms with van der Waals surface area (Å²) in [7, 11) is 0. The van der Waals surface area contributed by atoms with Gasteiger partial charge in [0.1, 0.15) is 0 Å². The molecule has 0 aliphatic carbocycles. The highest BCUT2D eigenvalue weighted by molar-refractivity contribution is 6.45. The zero-order chi connectivity index (χ0) is 5.86. The van der Waals surface area contributed by atoms with E-state index in [1.54, 1.807) is 6.92 Å². The van der Waals surface area contributed by atoms with Gasteiger partial charge in [0.05, 0.1) is 5.03 Å². The van der Waals surface area contributed by atoms with E-state index in [1.165, 1.54) is 0 Å². The Morgan fingerprint density at radius 1 is 1.57 bits per heavy atom. The van der Waals surface area contributed by atoms with Crippen molar-refractivity contribution in [1.29, 1.82) is 0 Å². The van der Waals surface area contributed by atoms with Gasteiger partial charge in [0.15, 0.2) is 6.29 Å². The van der Waals surface area contributed by atoms with Crippen LogP contribution in [0.1, 0.15) is 6.92 Å². The van der Waals surface area contributed by atoms with Crippen molar-refractivity contribution in [1.82, 2.24) is 0 Å². The number of halogens is 2. The SMILES string of the molecule is C/C(Cl)=C(/Cl)C=O. The van der Waals surface area contributed by atoms with Gasteiger partial charge in [0.25, 0.3) is 0 Å². The van der Waals surface area contributed by atoms with Gasteiger partial charge in [-0.1, -0.05) is 23.2 Å². The van der Waals surface area contributed by atoms with E-state index in [9.17, 15) is 4.79 Å². The highest BCUT2D eigenvalue weighted by Gasteiger charge is 1.89. The van der Waals surface area contributed by atoms with Crippen LogP contribution in [0.4, 0.5) is 0 Å². The average Bonchev–Trinajstić information content (AvgIpc) is 1.65. The Balaban J connectivity index is 3.98. The van der Waals surface area contributed by atoms with Crippen molar-refractivity contribution in [3.63, 3.8) is 0 Å². The molecule has 0 aliphatic heterocycles. The lowest BCUT2D eigenvalue weighted by atomic mass is 10.6. The van der Waals surface area contributed by atoms with Crippen LogP contribution in [-0.2, 0) is 4.79 Å². The molecule has 0 aromatic carbocycles. The van der Waals surface area contributed by atoms with Crippen LogP contribution < -0.4 is 0 Å². The first kappa shape index (κ1) is 6.99. The predicted molar refractivity (Wildman–Crippen MR) is 30.5 cm³/mol. The van der Waals surface area contributed by atoms with Gasteiger partial charge in [-0.15, -0.1) is 0 Å². The molecule has 0 aliphatic rings. The van der Waals surface area contributed by atoms with E-state index < -0.39 is 0 Å². The van der Waals surface area contributed by atoms with E-state index in [0.717, 1.165) is 0 Å². The van der Waals surface area contributed by atoms with Crippen LogP contribution in [0.25, 0.3) is 0 Å². The molecule has 0 amide bonds. The van der Waals surface area contributed by atoms with Crippen molar-refractivity contribution in [3.05, 3.63) is 10.1 Å². The summed E-state index contributed by atoms with van der Waals surface area (Å²) in [6, 6.07) is 0. The first-order chi connectivity index (χ1) is 3.18. The fourth-order valence-corrected chi connectivity index (χ4v) is 0.126. The van der Waals surface area contributed by atoms with E-state index in [0.29, 0.717) is 11.3 Å². The van der Waals surface area contributed by atoms with Gasteiger partial charge in [-0.25, -0.2) is 0 Å². The fourth-order valence-electron chi connectivity index (χ4n) is 0.0812. The fraction of sp³-hybridized carbons (Fsp3) is 0.250. The molecule has 0 N–H and O–H groups in total. The second-order valence-corrected chi connectivity index (χ2v) is 1.97. The van der Waals surface area contributed by atoms with Crippen LogP contribution in [0.2, 0.25) is 0 Å². The molecule has 0 saturated heterocycles. The molecule has 0 heterocycles. The standard InChI is InChI=1S/C4H4Cl2O/c1-3(5)4(6)2-7/h2H,1H3/b4-3-. The van der Waals surface area contributed by atoms with Gasteiger partial charge in [0, 0.05) is 5.03 Å². The molecule has 1 nitrogen and oxygen atoms in total. The minimum absolute atomic E-state index is 0.0710. The Morgan fingerprint density at radius 3 is 2.00 bits per heavy atom. The summed E-state index contributed by atoms with van der Waals surface area (Å²) in [5.41, 5.74) is 0. The van der Waals surface area contributed by atoms with Crippen LogP contribution in [0.5, 0.6) is 0 Å². The smallest absolute Gasteiger partial charge is 0.162 e. The molecule has 0 unspecified atom stereocenters. The van der Waals surface area contributed by atoms with E-state index >= 15 is 0 Å². The maximum atomic E-state index is 9.67. The van der Waals surface area contributed by atoms with Crippen LogP contribution in [0, 0.1) is 0 Å². The number of carbonyl (C=O) groups is 1. The Bertz CT molecular complexity index is 102. The van der Waals surface area contributed by atoms with Gasteiger partial charge in [-0.2, -0.15) is 0 Å². The molecule has 0 spiro atoms. The number of carbonyl (C=O) groups excluding carboxylic acids is 1. The molecule has 40 valence electrons. The molecule has 0 atom stereocenters. The molecule has 0 bridgehead atoms. The number of hydrogen-bond donors (Lipinski definition) is 0. The molecule has 3 heteroatoms. The second-order valence-electron chi connectivity index (χ2n) is 0.999. The molecule has 0 rings (SSSR count). The summed E-state index contributed by atoms with van der Waals surface area (Å²) < 4.78 is 0. The van der Waals surface area contributed by atoms with Gasteiger partial charge < -0.3 is 0 Å². The number of hydrogen-bond acceptors (Lipinski definition) is 1. The van der Waals surface area contributed by atoms with Crippen molar-refractivity contribution in [3.8, 4) is 0 Å². The third-order valence-electron chi connectivity index (χ3n) is 0.433. The highest BCUT2D eigenvalue weighted by Crippen LogP contribution is 2.08. The summed E-state index contributed by atoms with van der Waals surface area (Å²) in [4.78, 5) is 9.67. The molecule has 0 radical (unpaired) electrons. The first-order valence-electron chi connectivity index (χ1n) is 1.65. The number of allylic oxidation sites excluding steroid dienone is 2. The van der Waals surface area contributed by atoms with E-state index in [4.69, 9.17) is 23.2 Å². The molecule has 0 saturated carbocycles. The molecular formula is C4H4Cl2O. The molecule has 0 fully saturated rings. The lowest BCUT2D eigenvalue weighted by Gasteiger charge is -1.81. The molecule has 0 aromatic rings. The second kappa shape index (κ2) is 3.05. The monoisotopic (exact) mass is 138 g/mol. The summed E-state index contributed by atoms with van der Waals surface area (Å²) in [5.74, 6) is 0. The number of aldehydes is 1. The average molecular weight is 139 g/mol. The third kappa shape index (κ3) is 2.66. The Labute approximate surface area is 51.9 Å². The first-order valence-corrected chi connectivity index (χ1v) is 2.41. The third-order valence-corrected chi connectivity index (χ3v) is 1.11. The number of rotatable bonds is 1. The van der Waals surface area contributed by atoms with Crippen molar-refractivity contribution in [2.24, 2.45) is 0 Å². The maximum absolute atomic E-state index is 9.67. The largest absolute Gasteiger partial charge is 0.297 e. The minimum atomic E-state index is 0.0710. The van der Waals surface area contributed by atoms with Crippen molar-refractivity contribution < 1.29 is 4.79 Å². The van der Waals surface area contributed by atoms with Crippen LogP contribution >= 0.6 is 23.2 Å². The maximum Gasteiger partial charge on any atom is 0.162 e. The van der Waals surface area contributed by atoms with Crippen LogP contribution in [-0.4, -0.2) is 6.29 Å². The van der Waals surface area contributed by atoms with Gasteiger partial charge in [-0.05, 0) is 6.92 Å². The zero-order valence-corrected chi connectivity index (χ0v) is 5.25. The topological polar surface area (TPSA) is 17.1 Å². The molecule has 7 heavy (non-hydrogen) atoms. The predicted octanol–water partition coefficient (Wildman–Crippen LogP) is 1.89. The lowest BCUT2D eigenvalue weighted by Crippen LogP contribution is -1.71. The lowest BCUT2D eigenvalue weighted by molar-refractivity contribution is -0.104. The summed E-state index contributed by atoms with van der Waals surface area (Å²) >= 11 is 10.4. The van der Waals surface area contributed by atoms with Crippen LogP contribution in [0.3, 0.4) is 0 Å². The summed E-state index contributed by atoms with van der Waals surface area (Å²) in [6.07, 6.45) is 0.504. The Kier molecular flexibility index (Phi) is 3.05. The Hall–Kier alpha value is -0.0100. The zero-order valence-electron chi connectivity index (χ0n) is 3.74. The van der Waals surface area contributed by atoms with Crippen molar-refractivity contribution in [2.75, 3.05) is 0 Å².